The summed E-state index contributed by atoms with van der Waals surface area (Å²) in [4.78, 5) is 11.9. The van der Waals surface area contributed by atoms with Crippen molar-refractivity contribution < 1.29 is 22.4 Å². The zero-order chi connectivity index (χ0) is 18.2. The van der Waals surface area contributed by atoms with Crippen LogP contribution in [0.2, 0.25) is 0 Å². The maximum atomic E-state index is 13.4. The van der Waals surface area contributed by atoms with E-state index in [0.717, 1.165) is 0 Å². The minimum atomic E-state index is -2.42. The summed E-state index contributed by atoms with van der Waals surface area (Å²) in [5, 5.41) is 5.75. The predicted molar refractivity (Wildman–Crippen MR) is 91.2 cm³/mol. The van der Waals surface area contributed by atoms with Gasteiger partial charge in [0.25, 0.3) is 11.7 Å². The number of hydrogen-bond donors (Lipinski definition) is 2. The third-order valence-corrected chi connectivity index (χ3v) is 4.09. The number of hydrogen-bond acceptors (Lipinski definition) is 4. The Hall–Kier alpha value is -1.93. The zero-order valence-electron chi connectivity index (χ0n) is 13.7. The van der Waals surface area contributed by atoms with Gasteiger partial charge in [0.15, 0.2) is 0 Å². The summed E-state index contributed by atoms with van der Waals surface area (Å²) in [6, 6.07) is 7.73. The molecule has 2 N–H and O–H groups in total. The second-order valence-electron chi connectivity index (χ2n) is 5.34. The average Bonchev–Trinajstić information content (AvgIpc) is 3.03. The Morgan fingerprint density at radius 1 is 1.20 bits per heavy atom. The van der Waals surface area contributed by atoms with Gasteiger partial charge in [-0.2, -0.15) is 8.78 Å². The molecular formula is C17H19F3N2O2S. The van der Waals surface area contributed by atoms with Gasteiger partial charge >= 0.3 is 0 Å². The molecule has 0 saturated carbocycles. The topological polar surface area (TPSA) is 54.3 Å². The molecular weight excluding hydrogens is 353 g/mol. The van der Waals surface area contributed by atoms with E-state index in [1.165, 1.54) is 6.07 Å². The molecule has 136 valence electrons. The highest BCUT2D eigenvalue weighted by Crippen LogP contribution is 2.21. The average molecular weight is 372 g/mol. The van der Waals surface area contributed by atoms with Crippen LogP contribution >= 0.6 is 11.8 Å². The second kappa shape index (κ2) is 9.53. The van der Waals surface area contributed by atoms with Crippen molar-refractivity contribution in [3.05, 3.63) is 58.8 Å². The first-order valence-electron chi connectivity index (χ1n) is 7.68. The Bertz CT molecular complexity index is 707. The SMILES string of the molecule is Cc1ccc(C(=O)NCCNCc2ccc(CSC(F)F)o2)cc1F. The Labute approximate surface area is 148 Å². The molecule has 0 atom stereocenters. The molecule has 0 bridgehead atoms. The van der Waals surface area contributed by atoms with Gasteiger partial charge in [0.2, 0.25) is 0 Å². The van der Waals surface area contributed by atoms with Crippen LogP contribution in [0.15, 0.2) is 34.7 Å². The van der Waals surface area contributed by atoms with Crippen molar-refractivity contribution in [3.63, 3.8) is 0 Å². The monoisotopic (exact) mass is 372 g/mol. The lowest BCUT2D eigenvalue weighted by Crippen LogP contribution is -2.31. The molecule has 2 aromatic rings. The molecule has 25 heavy (non-hydrogen) atoms. The van der Waals surface area contributed by atoms with E-state index in [-0.39, 0.29) is 17.2 Å². The number of alkyl halides is 2. The zero-order valence-corrected chi connectivity index (χ0v) is 14.5. The van der Waals surface area contributed by atoms with Gasteiger partial charge in [0, 0.05) is 18.7 Å². The minimum absolute atomic E-state index is 0.126. The number of rotatable bonds is 9. The number of carbonyl (C=O) groups excluding carboxylic acids is 1. The highest BCUT2D eigenvalue weighted by atomic mass is 32.2. The van der Waals surface area contributed by atoms with Crippen molar-refractivity contribution in [3.8, 4) is 0 Å². The fourth-order valence-corrected chi connectivity index (χ4v) is 2.50. The van der Waals surface area contributed by atoms with Crippen LogP contribution in [-0.2, 0) is 12.3 Å². The van der Waals surface area contributed by atoms with E-state index in [0.29, 0.717) is 48.5 Å². The lowest BCUT2D eigenvalue weighted by Gasteiger charge is -2.07. The van der Waals surface area contributed by atoms with Crippen LogP contribution < -0.4 is 10.6 Å². The quantitative estimate of drug-likeness (QED) is 0.659. The number of furan rings is 1. The van der Waals surface area contributed by atoms with Gasteiger partial charge in [-0.15, -0.1) is 0 Å². The van der Waals surface area contributed by atoms with Gasteiger partial charge in [-0.25, -0.2) is 4.39 Å². The van der Waals surface area contributed by atoms with E-state index in [1.54, 1.807) is 31.2 Å². The van der Waals surface area contributed by atoms with E-state index < -0.39 is 11.6 Å². The van der Waals surface area contributed by atoms with Crippen LogP contribution in [0.3, 0.4) is 0 Å². The van der Waals surface area contributed by atoms with Crippen molar-refractivity contribution in [1.29, 1.82) is 0 Å². The van der Waals surface area contributed by atoms with Crippen molar-refractivity contribution in [2.24, 2.45) is 0 Å². The lowest BCUT2D eigenvalue weighted by molar-refractivity contribution is 0.0953. The van der Waals surface area contributed by atoms with Crippen LogP contribution in [-0.4, -0.2) is 24.8 Å². The number of amides is 1. The number of carbonyl (C=O) groups is 1. The van der Waals surface area contributed by atoms with E-state index in [1.807, 2.05) is 0 Å². The maximum Gasteiger partial charge on any atom is 0.284 e. The lowest BCUT2D eigenvalue weighted by atomic mass is 10.1. The molecule has 0 aliphatic carbocycles. The van der Waals surface area contributed by atoms with Crippen LogP contribution in [0.1, 0.15) is 27.4 Å². The Morgan fingerprint density at radius 3 is 2.68 bits per heavy atom. The van der Waals surface area contributed by atoms with Gasteiger partial charge in [-0.1, -0.05) is 17.8 Å². The molecule has 1 aromatic heterocycles. The van der Waals surface area contributed by atoms with Gasteiger partial charge in [0.05, 0.1) is 12.3 Å². The highest BCUT2D eigenvalue weighted by Gasteiger charge is 2.08. The molecule has 1 aromatic carbocycles. The number of halogens is 3. The van der Waals surface area contributed by atoms with Crippen LogP contribution in [0.4, 0.5) is 13.2 Å². The second-order valence-corrected chi connectivity index (χ2v) is 6.31. The first kappa shape index (κ1) is 19.4. The molecule has 2 rings (SSSR count). The highest BCUT2D eigenvalue weighted by molar-refractivity contribution is 7.98. The standard InChI is InChI=1S/C17H19F3N2O2S/c1-11-2-3-12(8-15(11)18)16(23)22-7-6-21-9-13-4-5-14(24-13)10-25-17(19)20/h2-5,8,17,21H,6-7,9-10H2,1H3,(H,22,23). The van der Waals surface area contributed by atoms with Gasteiger partial charge < -0.3 is 15.1 Å². The molecule has 8 heteroatoms. The van der Waals surface area contributed by atoms with E-state index >= 15 is 0 Å². The molecule has 0 aliphatic rings. The third kappa shape index (κ3) is 6.47. The molecule has 0 unspecified atom stereocenters. The third-order valence-electron chi connectivity index (χ3n) is 3.39. The van der Waals surface area contributed by atoms with Gasteiger partial charge in [-0.3, -0.25) is 4.79 Å². The van der Waals surface area contributed by atoms with E-state index in [4.69, 9.17) is 4.42 Å². The fourth-order valence-electron chi connectivity index (χ4n) is 2.05. The van der Waals surface area contributed by atoms with Crippen molar-refractivity contribution in [2.75, 3.05) is 13.1 Å². The number of aryl methyl sites for hydroxylation is 1. The summed E-state index contributed by atoms with van der Waals surface area (Å²) < 4.78 is 43.0. The summed E-state index contributed by atoms with van der Waals surface area (Å²) in [6.45, 7) is 2.91. The van der Waals surface area contributed by atoms with Crippen molar-refractivity contribution in [2.45, 2.75) is 25.0 Å². The molecule has 0 aliphatic heterocycles. The first-order chi connectivity index (χ1) is 12.0. The van der Waals surface area contributed by atoms with Gasteiger partial charge in [-0.05, 0) is 36.8 Å². The molecule has 4 nitrogen and oxygen atoms in total. The summed E-state index contributed by atoms with van der Waals surface area (Å²) in [6.07, 6.45) is 0. The molecule has 0 spiro atoms. The molecule has 0 saturated heterocycles. The minimum Gasteiger partial charge on any atom is -0.464 e. The van der Waals surface area contributed by atoms with Crippen LogP contribution in [0.5, 0.6) is 0 Å². The molecule has 0 radical (unpaired) electrons. The largest absolute Gasteiger partial charge is 0.464 e. The number of nitrogens with one attached hydrogen (secondary N) is 2. The van der Waals surface area contributed by atoms with Crippen LogP contribution in [0, 0.1) is 12.7 Å². The van der Waals surface area contributed by atoms with E-state index in [9.17, 15) is 18.0 Å². The Morgan fingerprint density at radius 2 is 1.96 bits per heavy atom. The summed E-state index contributed by atoms with van der Waals surface area (Å²) in [5.41, 5.74) is 0.762. The summed E-state index contributed by atoms with van der Waals surface area (Å²) >= 11 is 0.511. The predicted octanol–water partition coefficient (Wildman–Crippen LogP) is 3.70. The molecule has 1 heterocycles. The number of thioether (sulfide) groups is 1. The fraction of sp³-hybridized carbons (Fsp3) is 0.353. The molecule has 1 amide bonds. The summed E-state index contributed by atoms with van der Waals surface area (Å²) in [7, 11) is 0. The van der Waals surface area contributed by atoms with Crippen LogP contribution in [0.25, 0.3) is 0 Å². The maximum absolute atomic E-state index is 13.4. The smallest absolute Gasteiger partial charge is 0.284 e. The Kier molecular flexibility index (Phi) is 7.39. The van der Waals surface area contributed by atoms with Gasteiger partial charge in [0.1, 0.15) is 17.3 Å². The Balaban J connectivity index is 1.66. The summed E-state index contributed by atoms with van der Waals surface area (Å²) in [5.74, 6) is -1.92. The normalized spacial score (nSPS) is 11.1. The van der Waals surface area contributed by atoms with E-state index in [2.05, 4.69) is 10.6 Å². The molecule has 0 fully saturated rings. The van der Waals surface area contributed by atoms with Crippen molar-refractivity contribution >= 4 is 17.7 Å². The van der Waals surface area contributed by atoms with Crippen molar-refractivity contribution in [1.82, 2.24) is 10.6 Å². The first-order valence-corrected chi connectivity index (χ1v) is 8.73. The number of benzene rings is 1.